The second-order valence-electron chi connectivity index (χ2n) is 13.7. The number of phenols is 1. The van der Waals surface area contributed by atoms with Gasteiger partial charge in [0.25, 0.3) is 0 Å². The van der Waals surface area contributed by atoms with Crippen LogP contribution in [0.25, 0.3) is 0 Å². The topological polar surface area (TPSA) is 52.6 Å². The van der Waals surface area contributed by atoms with E-state index >= 15 is 0 Å². The molecule has 0 aromatic heterocycles. The number of aromatic hydroxyl groups is 1. The molecule has 216 valence electrons. The van der Waals surface area contributed by atoms with E-state index in [-0.39, 0.29) is 34.4 Å². The summed E-state index contributed by atoms with van der Waals surface area (Å²) in [6.45, 7) is 15.7. The Morgan fingerprint density at radius 3 is 2.10 bits per heavy atom. The third kappa shape index (κ3) is 5.51. The fraction of sp³-hybridized carbons (Fsp3) is 0.417. The van der Waals surface area contributed by atoms with Gasteiger partial charge in [-0.1, -0.05) is 72.7 Å². The summed E-state index contributed by atoms with van der Waals surface area (Å²) in [4.78, 5) is 16.7. The van der Waals surface area contributed by atoms with Gasteiger partial charge in [-0.15, -0.1) is 0 Å². The number of fused-ring (bicyclic) bond motifs is 1. The van der Waals surface area contributed by atoms with Gasteiger partial charge in [-0.05, 0) is 88.2 Å². The summed E-state index contributed by atoms with van der Waals surface area (Å²) < 4.78 is 13.7. The third-order valence-electron chi connectivity index (χ3n) is 8.46. The van der Waals surface area contributed by atoms with Gasteiger partial charge in [0.2, 0.25) is 0 Å². The van der Waals surface area contributed by atoms with Crippen LogP contribution in [-0.2, 0) is 15.6 Å². The molecule has 5 heteroatoms. The summed E-state index contributed by atoms with van der Waals surface area (Å²) in [5.41, 5.74) is 6.93. The molecule has 2 atom stereocenters. The molecule has 5 rings (SSSR count). The summed E-state index contributed by atoms with van der Waals surface area (Å²) in [6.07, 6.45) is 1.94. The van der Waals surface area contributed by atoms with E-state index in [1.54, 1.807) is 12.1 Å². The maximum Gasteiger partial charge on any atom is 0.163 e. The lowest BCUT2D eigenvalue weighted by Gasteiger charge is -2.38. The highest BCUT2D eigenvalue weighted by Gasteiger charge is 2.40. The highest BCUT2D eigenvalue weighted by molar-refractivity contribution is 6.01. The van der Waals surface area contributed by atoms with Crippen molar-refractivity contribution in [2.24, 2.45) is 0 Å². The summed E-state index contributed by atoms with van der Waals surface area (Å²) in [5.74, 6) is 0.136. The lowest BCUT2D eigenvalue weighted by molar-refractivity contribution is -0.116. The predicted molar refractivity (Wildman–Crippen MR) is 166 cm³/mol. The van der Waals surface area contributed by atoms with Crippen LogP contribution >= 0.6 is 0 Å². The summed E-state index contributed by atoms with van der Waals surface area (Å²) in [6, 6.07) is 18.8. The van der Waals surface area contributed by atoms with E-state index in [9.17, 15) is 14.3 Å². The fourth-order valence-electron chi connectivity index (χ4n) is 6.42. The minimum atomic E-state index is -0.314. The third-order valence-corrected chi connectivity index (χ3v) is 8.46. The molecule has 0 saturated heterocycles. The molecule has 0 bridgehead atoms. The van der Waals surface area contributed by atoms with E-state index < -0.39 is 0 Å². The lowest BCUT2D eigenvalue weighted by Crippen LogP contribution is -2.35. The SMILES string of the molecule is CCCN1c2ccccc2NC2=C(C(=O)C[C@H](c3ccc(F)cc3)C2)[C@@H]1c1cc(C(C)(C)C)c(O)c(C(C)(C)C)c1. The van der Waals surface area contributed by atoms with Gasteiger partial charge in [-0.2, -0.15) is 0 Å². The Morgan fingerprint density at radius 2 is 1.51 bits per heavy atom. The van der Waals surface area contributed by atoms with E-state index in [1.165, 1.54) is 12.1 Å². The van der Waals surface area contributed by atoms with Gasteiger partial charge in [0.05, 0.1) is 17.4 Å². The van der Waals surface area contributed by atoms with Crippen molar-refractivity contribution in [3.63, 3.8) is 0 Å². The van der Waals surface area contributed by atoms with Crippen molar-refractivity contribution in [2.75, 3.05) is 16.8 Å². The van der Waals surface area contributed by atoms with E-state index in [0.29, 0.717) is 18.6 Å². The summed E-state index contributed by atoms with van der Waals surface area (Å²) in [7, 11) is 0. The molecule has 0 spiro atoms. The number of allylic oxidation sites excluding steroid dienone is 1. The number of phenolic OH excluding ortho intramolecular Hbond substituents is 1. The highest BCUT2D eigenvalue weighted by atomic mass is 19.1. The molecular weight excluding hydrogens is 511 g/mol. The average molecular weight is 555 g/mol. The molecule has 1 heterocycles. The molecule has 2 N–H and O–H groups in total. The minimum Gasteiger partial charge on any atom is -0.507 e. The van der Waals surface area contributed by atoms with Gasteiger partial charge in [-0.3, -0.25) is 4.79 Å². The molecule has 0 amide bonds. The van der Waals surface area contributed by atoms with Gasteiger partial charge in [-0.25, -0.2) is 4.39 Å². The van der Waals surface area contributed by atoms with Gasteiger partial charge >= 0.3 is 0 Å². The number of nitrogens with one attached hydrogen (secondary N) is 1. The van der Waals surface area contributed by atoms with Crippen LogP contribution in [0.15, 0.2) is 71.9 Å². The van der Waals surface area contributed by atoms with Crippen LogP contribution in [0.1, 0.15) is 102 Å². The van der Waals surface area contributed by atoms with Crippen molar-refractivity contribution in [1.29, 1.82) is 0 Å². The van der Waals surface area contributed by atoms with Crippen molar-refractivity contribution >= 4 is 17.2 Å². The minimum absolute atomic E-state index is 0.0324. The maximum atomic E-state index is 14.3. The molecule has 0 unspecified atom stereocenters. The number of anilines is 2. The number of Topliss-reactive ketones (excluding diaryl/α,β-unsaturated/α-hetero) is 1. The predicted octanol–water partition coefficient (Wildman–Crippen LogP) is 8.91. The van der Waals surface area contributed by atoms with Crippen LogP contribution in [0.4, 0.5) is 15.8 Å². The lowest BCUT2D eigenvalue weighted by atomic mass is 9.74. The highest BCUT2D eigenvalue weighted by Crippen LogP contribution is 2.49. The molecule has 0 radical (unpaired) electrons. The molecular formula is C36H43FN2O2. The molecule has 4 nitrogen and oxygen atoms in total. The second-order valence-corrected chi connectivity index (χ2v) is 13.7. The van der Waals surface area contributed by atoms with Crippen LogP contribution in [0.5, 0.6) is 5.75 Å². The zero-order chi connectivity index (χ0) is 29.7. The monoisotopic (exact) mass is 554 g/mol. The Bertz CT molecular complexity index is 1460. The first-order chi connectivity index (χ1) is 19.3. The number of rotatable bonds is 4. The number of hydrogen-bond acceptors (Lipinski definition) is 4. The van der Waals surface area contributed by atoms with Crippen molar-refractivity contribution in [2.45, 2.75) is 90.5 Å². The van der Waals surface area contributed by atoms with Crippen LogP contribution < -0.4 is 10.2 Å². The molecule has 2 aliphatic rings. The quantitative estimate of drug-likeness (QED) is 0.338. The Morgan fingerprint density at radius 1 is 0.902 bits per heavy atom. The normalized spacial score (nSPS) is 19.4. The van der Waals surface area contributed by atoms with E-state index in [4.69, 9.17) is 0 Å². The van der Waals surface area contributed by atoms with Crippen LogP contribution in [0, 0.1) is 5.82 Å². The van der Waals surface area contributed by atoms with Gasteiger partial charge in [0, 0.05) is 24.2 Å². The Hall–Kier alpha value is -3.60. The largest absolute Gasteiger partial charge is 0.507 e. The number of carbonyl (C=O) groups is 1. The Labute approximate surface area is 244 Å². The zero-order valence-corrected chi connectivity index (χ0v) is 25.4. The fourth-order valence-corrected chi connectivity index (χ4v) is 6.42. The first-order valence-electron chi connectivity index (χ1n) is 14.8. The average Bonchev–Trinajstić information content (AvgIpc) is 3.03. The number of hydrogen-bond donors (Lipinski definition) is 2. The van der Waals surface area contributed by atoms with E-state index in [1.807, 2.05) is 12.1 Å². The number of carbonyl (C=O) groups excluding carboxylic acids is 1. The zero-order valence-electron chi connectivity index (χ0n) is 25.4. The van der Waals surface area contributed by atoms with E-state index in [2.05, 4.69) is 82.9 Å². The van der Waals surface area contributed by atoms with Crippen molar-refractivity contribution < 1.29 is 14.3 Å². The van der Waals surface area contributed by atoms with E-state index in [0.717, 1.165) is 57.9 Å². The van der Waals surface area contributed by atoms with Crippen LogP contribution in [0.3, 0.4) is 0 Å². The molecule has 0 saturated carbocycles. The standard InChI is InChI=1S/C36H43FN2O2/c1-8-17-39-30-12-10-9-11-28(30)38-29-20-23(22-13-15-25(37)16-14-22)21-31(40)32(29)33(39)24-18-26(35(2,3)4)34(41)27(19-24)36(5,6)7/h9-16,18-19,23,33,38,41H,8,17,20-21H2,1-7H3/t23-,33+/m1/s1. The Kier molecular flexibility index (Phi) is 7.52. The molecule has 3 aromatic carbocycles. The number of benzene rings is 3. The first-order valence-corrected chi connectivity index (χ1v) is 14.8. The van der Waals surface area contributed by atoms with Gasteiger partial charge < -0.3 is 15.3 Å². The number of halogens is 1. The molecule has 1 aliphatic carbocycles. The van der Waals surface area contributed by atoms with Gasteiger partial charge in [0.1, 0.15) is 11.6 Å². The van der Waals surface area contributed by atoms with Crippen molar-refractivity contribution in [1.82, 2.24) is 0 Å². The van der Waals surface area contributed by atoms with Crippen molar-refractivity contribution in [3.05, 3.63) is 100 Å². The summed E-state index contributed by atoms with van der Waals surface area (Å²) >= 11 is 0. The van der Waals surface area contributed by atoms with Crippen molar-refractivity contribution in [3.8, 4) is 5.75 Å². The van der Waals surface area contributed by atoms with Gasteiger partial charge in [0.15, 0.2) is 5.78 Å². The number of ketones is 1. The first kappa shape index (κ1) is 28.9. The molecule has 0 fully saturated rings. The maximum absolute atomic E-state index is 14.3. The molecule has 41 heavy (non-hydrogen) atoms. The second kappa shape index (κ2) is 10.7. The molecule has 1 aliphatic heterocycles. The number of para-hydroxylation sites is 2. The summed E-state index contributed by atoms with van der Waals surface area (Å²) in [5, 5.41) is 15.2. The number of nitrogens with zero attached hydrogens (tertiary/aromatic N) is 1. The smallest absolute Gasteiger partial charge is 0.163 e. The van der Waals surface area contributed by atoms with Crippen LogP contribution in [-0.4, -0.2) is 17.4 Å². The van der Waals surface area contributed by atoms with Crippen LogP contribution in [0.2, 0.25) is 0 Å². The Balaban J connectivity index is 1.77. The molecule has 3 aromatic rings.